The molecule has 0 saturated carbocycles. The molecule has 0 spiro atoms. The highest BCUT2D eigenvalue weighted by molar-refractivity contribution is 5.83. The van der Waals surface area contributed by atoms with Crippen molar-refractivity contribution in [2.45, 2.75) is 19.0 Å². The van der Waals surface area contributed by atoms with Crippen LogP contribution in [0.2, 0.25) is 0 Å². The number of nitrogens with one attached hydrogen (secondary N) is 1. The number of aromatic nitrogens is 2. The molecule has 2 atom stereocenters. The summed E-state index contributed by atoms with van der Waals surface area (Å²) >= 11 is 0. The first-order valence-corrected chi connectivity index (χ1v) is 6.27. The molecule has 1 aromatic carbocycles. The van der Waals surface area contributed by atoms with Crippen molar-refractivity contribution in [3.63, 3.8) is 0 Å². The lowest BCUT2D eigenvalue weighted by Crippen LogP contribution is -2.35. The standard InChI is InChI=1S/C14H17FN4O/c1-9(10-3-5-12(15)6-4-10)18-14(20)13(16)11-7-17-19(2)8-11/h3-9,13H,16H2,1-2H3,(H,18,20)/t9-,13?/m1/s1. The molecule has 2 rings (SSSR count). The molecule has 0 bridgehead atoms. The predicted octanol–water partition coefficient (Wildman–Crippen LogP) is 1.44. The Bertz CT molecular complexity index is 593. The first kappa shape index (κ1) is 14.2. The van der Waals surface area contributed by atoms with Crippen molar-refractivity contribution in [1.29, 1.82) is 0 Å². The monoisotopic (exact) mass is 276 g/mol. The fraction of sp³-hybridized carbons (Fsp3) is 0.286. The summed E-state index contributed by atoms with van der Waals surface area (Å²) in [7, 11) is 1.76. The largest absolute Gasteiger partial charge is 0.348 e. The topological polar surface area (TPSA) is 72.9 Å². The van der Waals surface area contributed by atoms with Gasteiger partial charge < -0.3 is 11.1 Å². The fourth-order valence-electron chi connectivity index (χ4n) is 1.89. The molecule has 0 aliphatic rings. The van der Waals surface area contributed by atoms with Crippen molar-refractivity contribution in [3.8, 4) is 0 Å². The molecule has 0 saturated heterocycles. The minimum Gasteiger partial charge on any atom is -0.348 e. The Kier molecular flexibility index (Phi) is 4.14. The van der Waals surface area contributed by atoms with Crippen molar-refractivity contribution < 1.29 is 9.18 Å². The smallest absolute Gasteiger partial charge is 0.242 e. The minimum atomic E-state index is -0.772. The van der Waals surface area contributed by atoms with Gasteiger partial charge in [-0.2, -0.15) is 5.10 Å². The van der Waals surface area contributed by atoms with Crippen molar-refractivity contribution >= 4 is 5.91 Å². The summed E-state index contributed by atoms with van der Waals surface area (Å²) in [4.78, 5) is 12.1. The molecular weight excluding hydrogens is 259 g/mol. The lowest BCUT2D eigenvalue weighted by Gasteiger charge is -2.17. The number of amides is 1. The molecule has 0 radical (unpaired) electrons. The molecule has 2 aromatic rings. The maximum absolute atomic E-state index is 12.8. The average Bonchev–Trinajstić information content (AvgIpc) is 2.85. The molecule has 6 heteroatoms. The van der Waals surface area contributed by atoms with Crippen LogP contribution < -0.4 is 11.1 Å². The number of hydrogen-bond donors (Lipinski definition) is 2. The Balaban J connectivity index is 2.02. The van der Waals surface area contributed by atoms with E-state index in [-0.39, 0.29) is 17.8 Å². The van der Waals surface area contributed by atoms with Gasteiger partial charge in [0.25, 0.3) is 0 Å². The maximum atomic E-state index is 12.8. The molecule has 106 valence electrons. The molecule has 5 nitrogen and oxygen atoms in total. The van der Waals surface area contributed by atoms with Crippen molar-refractivity contribution in [1.82, 2.24) is 15.1 Å². The zero-order valence-electron chi connectivity index (χ0n) is 11.4. The van der Waals surface area contributed by atoms with Crippen LogP contribution in [0.1, 0.15) is 30.1 Å². The van der Waals surface area contributed by atoms with Crippen LogP contribution in [0.25, 0.3) is 0 Å². The molecular formula is C14H17FN4O. The summed E-state index contributed by atoms with van der Waals surface area (Å²) in [5.74, 6) is -0.603. The number of carbonyl (C=O) groups excluding carboxylic acids is 1. The second kappa shape index (κ2) is 5.83. The minimum absolute atomic E-state index is 0.245. The number of halogens is 1. The maximum Gasteiger partial charge on any atom is 0.242 e. The molecule has 1 amide bonds. The van der Waals surface area contributed by atoms with E-state index in [9.17, 15) is 9.18 Å². The Labute approximate surface area is 116 Å². The van der Waals surface area contributed by atoms with E-state index in [0.29, 0.717) is 5.56 Å². The number of benzene rings is 1. The Morgan fingerprint density at radius 1 is 1.35 bits per heavy atom. The van der Waals surface area contributed by atoms with E-state index in [1.807, 2.05) is 6.92 Å². The highest BCUT2D eigenvalue weighted by atomic mass is 19.1. The molecule has 20 heavy (non-hydrogen) atoms. The van der Waals surface area contributed by atoms with Gasteiger partial charge in [-0.25, -0.2) is 4.39 Å². The zero-order chi connectivity index (χ0) is 14.7. The molecule has 3 N–H and O–H groups in total. The first-order chi connectivity index (χ1) is 9.47. The Morgan fingerprint density at radius 2 is 2.00 bits per heavy atom. The summed E-state index contributed by atoms with van der Waals surface area (Å²) in [6.45, 7) is 1.82. The summed E-state index contributed by atoms with van der Waals surface area (Å²) in [5, 5.41) is 6.78. The van der Waals surface area contributed by atoms with Crippen LogP contribution >= 0.6 is 0 Å². The van der Waals surface area contributed by atoms with Gasteiger partial charge >= 0.3 is 0 Å². The highest BCUT2D eigenvalue weighted by Gasteiger charge is 2.19. The van der Waals surface area contributed by atoms with Crippen molar-refractivity contribution in [2.75, 3.05) is 0 Å². The second-order valence-electron chi connectivity index (χ2n) is 4.71. The molecule has 1 unspecified atom stereocenters. The number of rotatable bonds is 4. The predicted molar refractivity (Wildman–Crippen MR) is 73.1 cm³/mol. The summed E-state index contributed by atoms with van der Waals surface area (Å²) in [5.41, 5.74) is 7.34. The summed E-state index contributed by atoms with van der Waals surface area (Å²) in [6, 6.07) is 4.97. The van der Waals surface area contributed by atoms with E-state index in [2.05, 4.69) is 10.4 Å². The van der Waals surface area contributed by atoms with E-state index >= 15 is 0 Å². The normalized spacial score (nSPS) is 13.8. The third-order valence-electron chi connectivity index (χ3n) is 3.10. The van der Waals surface area contributed by atoms with E-state index in [1.54, 1.807) is 36.3 Å². The van der Waals surface area contributed by atoms with Gasteiger partial charge in [-0.3, -0.25) is 9.48 Å². The second-order valence-corrected chi connectivity index (χ2v) is 4.71. The van der Waals surface area contributed by atoms with Gasteiger partial charge in [-0.15, -0.1) is 0 Å². The van der Waals surface area contributed by atoms with E-state index < -0.39 is 6.04 Å². The van der Waals surface area contributed by atoms with Gasteiger partial charge in [0.15, 0.2) is 0 Å². The lowest BCUT2D eigenvalue weighted by atomic mass is 10.1. The Morgan fingerprint density at radius 3 is 2.55 bits per heavy atom. The van der Waals surface area contributed by atoms with Gasteiger partial charge in [-0.05, 0) is 24.6 Å². The molecule has 0 aliphatic heterocycles. The number of hydrogen-bond acceptors (Lipinski definition) is 3. The fourth-order valence-corrected chi connectivity index (χ4v) is 1.89. The number of nitrogens with two attached hydrogens (primary N) is 1. The first-order valence-electron chi connectivity index (χ1n) is 6.27. The van der Waals surface area contributed by atoms with E-state index in [1.165, 1.54) is 12.1 Å². The van der Waals surface area contributed by atoms with E-state index in [4.69, 9.17) is 5.73 Å². The van der Waals surface area contributed by atoms with Crippen LogP contribution in [0.3, 0.4) is 0 Å². The number of aryl methyl sites for hydroxylation is 1. The summed E-state index contributed by atoms with van der Waals surface area (Å²) in [6.07, 6.45) is 3.26. The van der Waals surface area contributed by atoms with Crippen LogP contribution in [0.5, 0.6) is 0 Å². The number of carbonyl (C=O) groups is 1. The van der Waals surface area contributed by atoms with Gasteiger partial charge in [0.1, 0.15) is 11.9 Å². The van der Waals surface area contributed by atoms with Crippen LogP contribution in [0.4, 0.5) is 4.39 Å². The molecule has 1 heterocycles. The van der Waals surface area contributed by atoms with Gasteiger partial charge in [-0.1, -0.05) is 12.1 Å². The van der Waals surface area contributed by atoms with Crippen LogP contribution in [0, 0.1) is 5.82 Å². The summed E-state index contributed by atoms with van der Waals surface area (Å²) < 4.78 is 14.4. The molecule has 1 aromatic heterocycles. The third-order valence-corrected chi connectivity index (χ3v) is 3.10. The Hall–Kier alpha value is -2.21. The van der Waals surface area contributed by atoms with Gasteiger partial charge in [0.05, 0.1) is 12.2 Å². The number of nitrogens with zero attached hydrogens (tertiary/aromatic N) is 2. The third kappa shape index (κ3) is 3.21. The van der Waals surface area contributed by atoms with E-state index in [0.717, 1.165) is 5.56 Å². The SMILES string of the molecule is C[C@@H](NC(=O)C(N)c1cnn(C)c1)c1ccc(F)cc1. The van der Waals surface area contributed by atoms with Gasteiger partial charge in [0.2, 0.25) is 5.91 Å². The van der Waals surface area contributed by atoms with Crippen molar-refractivity contribution in [3.05, 3.63) is 53.6 Å². The quantitative estimate of drug-likeness (QED) is 0.887. The lowest BCUT2D eigenvalue weighted by molar-refractivity contribution is -0.123. The van der Waals surface area contributed by atoms with Crippen LogP contribution in [-0.4, -0.2) is 15.7 Å². The zero-order valence-corrected chi connectivity index (χ0v) is 11.4. The van der Waals surface area contributed by atoms with Crippen LogP contribution in [-0.2, 0) is 11.8 Å². The average molecular weight is 276 g/mol. The van der Waals surface area contributed by atoms with Crippen molar-refractivity contribution in [2.24, 2.45) is 12.8 Å². The highest BCUT2D eigenvalue weighted by Crippen LogP contribution is 2.15. The van der Waals surface area contributed by atoms with Crippen LogP contribution in [0.15, 0.2) is 36.7 Å². The van der Waals surface area contributed by atoms with Gasteiger partial charge in [0, 0.05) is 18.8 Å². The molecule has 0 fully saturated rings. The molecule has 0 aliphatic carbocycles.